The molecule has 1 aromatic heterocycles. The Bertz CT molecular complexity index is 1350. The fraction of sp³-hybridized carbons (Fsp3) is 0.0952. The molecule has 1 aliphatic rings. The van der Waals surface area contributed by atoms with Crippen LogP contribution in [0.5, 0.6) is 0 Å². The minimum atomic E-state index is -3.81. The zero-order valence-electron chi connectivity index (χ0n) is 16.9. The second-order valence-electron chi connectivity index (χ2n) is 7.02. The lowest BCUT2D eigenvalue weighted by molar-refractivity contribution is -0.120. The molecule has 2 aromatic carbocycles. The molecular weight excluding hydrogens is 472 g/mol. The molecule has 0 saturated heterocycles. The fourth-order valence-electron chi connectivity index (χ4n) is 3.10. The van der Waals surface area contributed by atoms with Gasteiger partial charge in [0.15, 0.2) is 5.13 Å². The topological polar surface area (TPSA) is 108 Å². The van der Waals surface area contributed by atoms with Crippen LogP contribution in [0, 0.1) is 13.8 Å². The molecule has 0 atom stereocenters. The van der Waals surface area contributed by atoms with Crippen molar-refractivity contribution in [3.05, 3.63) is 75.9 Å². The molecule has 2 amide bonds. The summed E-state index contributed by atoms with van der Waals surface area (Å²) in [5.41, 5.74) is 2.44. The van der Waals surface area contributed by atoms with Crippen molar-refractivity contribution in [2.75, 3.05) is 14.9 Å². The number of nitrogens with zero attached hydrogens (tertiary/aromatic N) is 2. The Morgan fingerprint density at radius 3 is 2.41 bits per heavy atom. The number of hydrogen-bond acceptors (Lipinski definition) is 7. The molecule has 3 aromatic rings. The second kappa shape index (κ2) is 8.38. The summed E-state index contributed by atoms with van der Waals surface area (Å²) in [7, 11) is -3.81. The maximum Gasteiger partial charge on any atom is 0.283 e. The maximum atomic E-state index is 13.0. The quantitative estimate of drug-likeness (QED) is 0.508. The number of carbonyl (C=O) groups is 2. The molecule has 0 saturated carbocycles. The van der Waals surface area contributed by atoms with Crippen molar-refractivity contribution in [3.63, 3.8) is 0 Å². The number of halogens is 1. The third-order valence-corrected chi connectivity index (χ3v) is 7.24. The van der Waals surface area contributed by atoms with Crippen LogP contribution in [0.25, 0.3) is 0 Å². The Hall–Kier alpha value is -3.21. The van der Waals surface area contributed by atoms with Gasteiger partial charge in [0.1, 0.15) is 10.7 Å². The van der Waals surface area contributed by atoms with E-state index >= 15 is 0 Å². The lowest BCUT2D eigenvalue weighted by atomic mass is 10.1. The van der Waals surface area contributed by atoms with E-state index in [0.717, 1.165) is 27.4 Å². The van der Waals surface area contributed by atoms with Crippen LogP contribution in [0.2, 0.25) is 0 Å². The molecular formula is C21H17ClN4O4S2. The monoisotopic (exact) mass is 488 g/mol. The van der Waals surface area contributed by atoms with Crippen molar-refractivity contribution in [1.29, 1.82) is 0 Å². The third-order valence-electron chi connectivity index (χ3n) is 4.72. The van der Waals surface area contributed by atoms with Crippen molar-refractivity contribution in [2.45, 2.75) is 18.7 Å². The van der Waals surface area contributed by atoms with Crippen molar-refractivity contribution in [2.24, 2.45) is 0 Å². The first kappa shape index (κ1) is 22.0. The van der Waals surface area contributed by atoms with Gasteiger partial charge in [0, 0.05) is 17.3 Å². The zero-order chi connectivity index (χ0) is 23.0. The molecule has 8 nitrogen and oxygen atoms in total. The van der Waals surface area contributed by atoms with Crippen molar-refractivity contribution in [1.82, 2.24) is 4.98 Å². The standard InChI is InChI=1S/C21H17ClN4O4S2/c1-12-3-4-13(2)16(11-12)26-19(27)17(22)18(20(26)28)24-14-5-7-15(8-6-14)32(29,30)25-21-23-9-10-31-21/h3-11,24H,1-2H3,(H,23,25). The number of carbonyl (C=O) groups excluding carboxylic acids is 2. The SMILES string of the molecule is Cc1ccc(C)c(N2C(=O)C(Cl)=C(Nc3ccc(S(=O)(=O)Nc4nccs4)cc3)C2=O)c1. The van der Waals surface area contributed by atoms with E-state index < -0.39 is 21.8 Å². The lowest BCUT2D eigenvalue weighted by Crippen LogP contribution is -2.32. The van der Waals surface area contributed by atoms with Crippen LogP contribution < -0.4 is 14.9 Å². The average molecular weight is 489 g/mol. The summed E-state index contributed by atoms with van der Waals surface area (Å²) < 4.78 is 27.3. The normalized spacial score (nSPS) is 14.3. The summed E-state index contributed by atoms with van der Waals surface area (Å²) in [5, 5.41) is 4.51. The summed E-state index contributed by atoms with van der Waals surface area (Å²) in [5.74, 6) is -1.21. The van der Waals surface area contributed by atoms with Crippen molar-refractivity contribution in [3.8, 4) is 0 Å². The molecule has 0 radical (unpaired) electrons. The van der Waals surface area contributed by atoms with Gasteiger partial charge in [-0.25, -0.2) is 18.3 Å². The largest absolute Gasteiger partial charge is 0.350 e. The van der Waals surface area contributed by atoms with Gasteiger partial charge in [-0.3, -0.25) is 14.3 Å². The Morgan fingerprint density at radius 1 is 1.03 bits per heavy atom. The van der Waals surface area contributed by atoms with Gasteiger partial charge in [0.25, 0.3) is 21.8 Å². The van der Waals surface area contributed by atoms with Gasteiger partial charge in [-0.2, -0.15) is 0 Å². The van der Waals surface area contributed by atoms with E-state index in [2.05, 4.69) is 15.0 Å². The van der Waals surface area contributed by atoms with Gasteiger partial charge >= 0.3 is 0 Å². The maximum absolute atomic E-state index is 13.0. The van der Waals surface area contributed by atoms with E-state index in [4.69, 9.17) is 11.6 Å². The van der Waals surface area contributed by atoms with Crippen molar-refractivity contribution >= 4 is 61.3 Å². The molecule has 0 aliphatic carbocycles. The Labute approximate surface area is 193 Å². The molecule has 0 spiro atoms. The first-order chi connectivity index (χ1) is 15.2. The second-order valence-corrected chi connectivity index (χ2v) is 9.97. The minimum absolute atomic E-state index is 0.0177. The van der Waals surface area contributed by atoms with Crippen LogP contribution in [0.15, 0.2) is 69.7 Å². The lowest BCUT2D eigenvalue weighted by Gasteiger charge is -2.18. The number of anilines is 3. The molecule has 2 heterocycles. The predicted octanol–water partition coefficient (Wildman–Crippen LogP) is 4.00. The molecule has 0 bridgehead atoms. The van der Waals surface area contributed by atoms with Gasteiger partial charge in [-0.05, 0) is 55.3 Å². The number of amides is 2. The summed E-state index contributed by atoms with van der Waals surface area (Å²) in [6.45, 7) is 3.66. The predicted molar refractivity (Wildman–Crippen MR) is 124 cm³/mol. The molecule has 0 unspecified atom stereocenters. The Morgan fingerprint density at radius 2 is 1.75 bits per heavy atom. The zero-order valence-corrected chi connectivity index (χ0v) is 19.3. The van der Waals surface area contributed by atoms with E-state index in [-0.39, 0.29) is 20.8 Å². The molecule has 32 heavy (non-hydrogen) atoms. The number of aromatic nitrogens is 1. The van der Waals surface area contributed by atoms with Crippen molar-refractivity contribution < 1.29 is 18.0 Å². The summed E-state index contributed by atoms with van der Waals surface area (Å²) in [4.78, 5) is 30.6. The molecule has 164 valence electrons. The molecule has 1 aliphatic heterocycles. The fourth-order valence-corrected chi connectivity index (χ4v) is 5.10. The minimum Gasteiger partial charge on any atom is -0.350 e. The number of nitrogens with one attached hydrogen (secondary N) is 2. The van der Waals surface area contributed by atoms with Crippen LogP contribution in [0.4, 0.5) is 16.5 Å². The van der Waals surface area contributed by atoms with Gasteiger partial charge in [0.05, 0.1) is 10.6 Å². The highest BCUT2D eigenvalue weighted by molar-refractivity contribution is 7.93. The molecule has 2 N–H and O–H groups in total. The van der Waals surface area contributed by atoms with Gasteiger partial charge in [-0.15, -0.1) is 11.3 Å². The highest BCUT2D eigenvalue weighted by Gasteiger charge is 2.39. The summed E-state index contributed by atoms with van der Waals surface area (Å²) >= 11 is 7.35. The molecule has 11 heteroatoms. The highest BCUT2D eigenvalue weighted by atomic mass is 35.5. The smallest absolute Gasteiger partial charge is 0.283 e. The number of rotatable bonds is 6. The number of hydrogen-bond donors (Lipinski definition) is 2. The number of thiazole rings is 1. The third kappa shape index (κ3) is 4.12. The van der Waals surface area contributed by atoms with E-state index in [1.165, 1.54) is 30.5 Å². The summed E-state index contributed by atoms with van der Waals surface area (Å²) in [6.07, 6.45) is 1.49. The average Bonchev–Trinajstić information content (AvgIpc) is 3.33. The van der Waals surface area contributed by atoms with Crippen LogP contribution in [-0.2, 0) is 19.6 Å². The molecule has 0 fully saturated rings. The number of benzene rings is 2. The van der Waals surface area contributed by atoms with Gasteiger partial charge in [-0.1, -0.05) is 23.7 Å². The van der Waals surface area contributed by atoms with Crippen LogP contribution in [0.1, 0.15) is 11.1 Å². The van der Waals surface area contributed by atoms with Crippen LogP contribution >= 0.6 is 22.9 Å². The van der Waals surface area contributed by atoms with E-state index in [1.54, 1.807) is 18.4 Å². The Balaban J connectivity index is 1.56. The van der Waals surface area contributed by atoms with E-state index in [9.17, 15) is 18.0 Å². The summed E-state index contributed by atoms with van der Waals surface area (Å²) in [6, 6.07) is 11.2. The van der Waals surface area contributed by atoms with Gasteiger partial charge in [0.2, 0.25) is 0 Å². The first-order valence-electron chi connectivity index (χ1n) is 9.32. The molecule has 4 rings (SSSR count). The number of sulfonamides is 1. The van der Waals surface area contributed by atoms with Gasteiger partial charge < -0.3 is 5.32 Å². The highest BCUT2D eigenvalue weighted by Crippen LogP contribution is 2.32. The number of aryl methyl sites for hydroxylation is 2. The first-order valence-corrected chi connectivity index (χ1v) is 12.1. The number of imide groups is 1. The Kier molecular flexibility index (Phi) is 5.76. The van der Waals surface area contributed by atoms with E-state index in [0.29, 0.717) is 11.4 Å². The van der Waals surface area contributed by atoms with E-state index in [1.807, 2.05) is 19.1 Å². The van der Waals surface area contributed by atoms with Crippen LogP contribution in [0.3, 0.4) is 0 Å². The van der Waals surface area contributed by atoms with Crippen LogP contribution in [-0.4, -0.2) is 25.2 Å².